The van der Waals surface area contributed by atoms with Gasteiger partial charge in [0.15, 0.2) is 0 Å². The Morgan fingerprint density at radius 2 is 2.00 bits per heavy atom. The van der Waals surface area contributed by atoms with E-state index in [2.05, 4.69) is 27.3 Å². The van der Waals surface area contributed by atoms with Crippen LogP contribution in [0.5, 0.6) is 0 Å². The summed E-state index contributed by atoms with van der Waals surface area (Å²) in [4.78, 5) is 0. The molecular weight excluding hydrogens is 327 g/mol. The van der Waals surface area contributed by atoms with Crippen LogP contribution >= 0.6 is 22.6 Å². The largest absolute Gasteiger partial charge is 0.279 e. The summed E-state index contributed by atoms with van der Waals surface area (Å²) in [6, 6.07) is 7.86. The first-order chi connectivity index (χ1) is 7.08. The molecule has 1 heterocycles. The van der Waals surface area contributed by atoms with E-state index in [1.807, 2.05) is 24.3 Å². The van der Waals surface area contributed by atoms with Crippen molar-refractivity contribution >= 4 is 32.8 Å². The van der Waals surface area contributed by atoms with Gasteiger partial charge in [-0.2, -0.15) is 12.7 Å². The third kappa shape index (κ3) is 2.68. The Hall–Kier alpha value is -0.180. The van der Waals surface area contributed by atoms with Gasteiger partial charge in [0, 0.05) is 23.2 Å². The maximum Gasteiger partial charge on any atom is 0.279 e. The number of benzene rings is 1. The van der Waals surface area contributed by atoms with Crippen LogP contribution in [0.4, 0.5) is 0 Å². The molecule has 0 unspecified atom stereocenters. The average molecular weight is 338 g/mol. The molecule has 2 rings (SSSR count). The highest BCUT2D eigenvalue weighted by Gasteiger charge is 2.27. The molecule has 82 valence electrons. The predicted octanol–water partition coefficient (Wildman–Crippen LogP) is 0.941. The number of halogens is 1. The van der Waals surface area contributed by atoms with Crippen molar-refractivity contribution in [1.29, 1.82) is 0 Å². The van der Waals surface area contributed by atoms with Gasteiger partial charge in [-0.15, -0.1) is 0 Å². The van der Waals surface area contributed by atoms with Gasteiger partial charge in [-0.05, 0) is 40.3 Å². The molecule has 6 heteroatoms. The molecule has 0 bridgehead atoms. The van der Waals surface area contributed by atoms with Gasteiger partial charge in [0.05, 0.1) is 0 Å². The van der Waals surface area contributed by atoms with E-state index in [9.17, 15) is 8.42 Å². The van der Waals surface area contributed by atoms with Crippen LogP contribution in [0.3, 0.4) is 0 Å². The maximum atomic E-state index is 11.4. The second kappa shape index (κ2) is 4.36. The number of hydrogen-bond acceptors (Lipinski definition) is 2. The summed E-state index contributed by atoms with van der Waals surface area (Å²) in [5.41, 5.74) is 1.02. The van der Waals surface area contributed by atoms with Crippen LogP contribution in [0.1, 0.15) is 5.56 Å². The fourth-order valence-corrected chi connectivity index (χ4v) is 3.01. The number of rotatable bonds is 2. The van der Waals surface area contributed by atoms with Gasteiger partial charge in [-0.3, -0.25) is 0 Å². The van der Waals surface area contributed by atoms with E-state index in [4.69, 9.17) is 0 Å². The Bertz CT molecular complexity index is 444. The van der Waals surface area contributed by atoms with Crippen LogP contribution in [0.2, 0.25) is 0 Å². The lowest BCUT2D eigenvalue weighted by molar-refractivity contribution is 0.446. The van der Waals surface area contributed by atoms with Crippen molar-refractivity contribution < 1.29 is 8.42 Å². The van der Waals surface area contributed by atoms with Crippen molar-refractivity contribution in [1.82, 2.24) is 9.03 Å². The first-order valence-corrected chi connectivity index (χ1v) is 7.09. The number of nitrogens with zero attached hydrogens (tertiary/aromatic N) is 1. The van der Waals surface area contributed by atoms with E-state index in [0.29, 0.717) is 19.6 Å². The van der Waals surface area contributed by atoms with Gasteiger partial charge in [-0.25, -0.2) is 4.72 Å². The van der Waals surface area contributed by atoms with Gasteiger partial charge < -0.3 is 0 Å². The molecule has 0 spiro atoms. The Balaban J connectivity index is 2.12. The molecule has 1 aliphatic rings. The fraction of sp³-hybridized carbons (Fsp3) is 0.333. The smallest absolute Gasteiger partial charge is 0.201 e. The second-order valence-corrected chi connectivity index (χ2v) is 6.36. The topological polar surface area (TPSA) is 49.4 Å². The molecule has 1 aromatic rings. The third-order valence-corrected chi connectivity index (χ3v) is 4.54. The van der Waals surface area contributed by atoms with Gasteiger partial charge >= 0.3 is 0 Å². The van der Waals surface area contributed by atoms with E-state index in [1.165, 1.54) is 4.31 Å². The zero-order valence-corrected chi connectivity index (χ0v) is 11.0. The highest BCUT2D eigenvalue weighted by Crippen LogP contribution is 2.13. The molecule has 1 N–H and O–H groups in total. The molecule has 0 saturated carbocycles. The van der Waals surface area contributed by atoms with Gasteiger partial charge in [0.2, 0.25) is 0 Å². The highest BCUT2D eigenvalue weighted by molar-refractivity contribution is 14.1. The number of nitrogens with one attached hydrogen (secondary N) is 1. The van der Waals surface area contributed by atoms with E-state index >= 15 is 0 Å². The Kier molecular flexibility index (Phi) is 3.29. The summed E-state index contributed by atoms with van der Waals surface area (Å²) in [6.07, 6.45) is 0. The Morgan fingerprint density at radius 3 is 2.53 bits per heavy atom. The van der Waals surface area contributed by atoms with Crippen molar-refractivity contribution in [2.45, 2.75) is 6.54 Å². The quantitative estimate of drug-likeness (QED) is 0.816. The van der Waals surface area contributed by atoms with Crippen molar-refractivity contribution in [3.63, 3.8) is 0 Å². The van der Waals surface area contributed by atoms with E-state index in [-0.39, 0.29) is 0 Å². The normalized spacial score (nSPS) is 20.6. The zero-order chi connectivity index (χ0) is 10.9. The first-order valence-electron chi connectivity index (χ1n) is 4.57. The van der Waals surface area contributed by atoms with E-state index in [0.717, 1.165) is 9.13 Å². The third-order valence-electron chi connectivity index (χ3n) is 2.26. The van der Waals surface area contributed by atoms with Crippen molar-refractivity contribution in [3.8, 4) is 0 Å². The molecule has 15 heavy (non-hydrogen) atoms. The van der Waals surface area contributed by atoms with Crippen molar-refractivity contribution in [3.05, 3.63) is 33.4 Å². The molecule has 1 aromatic carbocycles. The summed E-state index contributed by atoms with van der Waals surface area (Å²) in [6.45, 7) is 1.51. The zero-order valence-electron chi connectivity index (χ0n) is 7.98. The minimum Gasteiger partial charge on any atom is -0.201 e. The Morgan fingerprint density at radius 1 is 1.33 bits per heavy atom. The SMILES string of the molecule is O=S1(=O)NCCN1Cc1ccc(I)cc1. The summed E-state index contributed by atoms with van der Waals surface area (Å²) in [7, 11) is -3.21. The molecular formula is C9H11IN2O2S. The summed E-state index contributed by atoms with van der Waals surface area (Å²) in [5.74, 6) is 0. The lowest BCUT2D eigenvalue weighted by atomic mass is 10.2. The van der Waals surface area contributed by atoms with Gasteiger partial charge in [0.1, 0.15) is 0 Å². The molecule has 0 amide bonds. The second-order valence-electron chi connectivity index (χ2n) is 3.36. The minimum atomic E-state index is -3.21. The predicted molar refractivity (Wildman–Crippen MR) is 66.5 cm³/mol. The van der Waals surface area contributed by atoms with Crippen LogP contribution < -0.4 is 4.72 Å². The van der Waals surface area contributed by atoms with Gasteiger partial charge in [0.25, 0.3) is 10.2 Å². The van der Waals surface area contributed by atoms with Crippen molar-refractivity contribution in [2.24, 2.45) is 0 Å². The van der Waals surface area contributed by atoms with E-state index in [1.54, 1.807) is 0 Å². The molecule has 1 fully saturated rings. The van der Waals surface area contributed by atoms with Crippen LogP contribution in [0.25, 0.3) is 0 Å². The summed E-state index contributed by atoms with van der Waals surface area (Å²) < 4.78 is 28.0. The molecule has 1 saturated heterocycles. The average Bonchev–Trinajstić information content (AvgIpc) is 2.50. The summed E-state index contributed by atoms with van der Waals surface area (Å²) in [5, 5.41) is 0. The molecule has 0 radical (unpaired) electrons. The Labute approximate surface area is 103 Å². The minimum absolute atomic E-state index is 0.451. The monoisotopic (exact) mass is 338 g/mol. The maximum absolute atomic E-state index is 11.4. The molecule has 0 aromatic heterocycles. The van der Waals surface area contributed by atoms with E-state index < -0.39 is 10.2 Å². The molecule has 0 atom stereocenters. The number of hydrogen-bond donors (Lipinski definition) is 1. The van der Waals surface area contributed by atoms with Crippen LogP contribution in [-0.2, 0) is 16.8 Å². The standard InChI is InChI=1S/C9H11IN2O2S/c10-9-3-1-8(2-4-9)7-12-6-5-11-15(12,13)14/h1-4,11H,5-7H2. The van der Waals surface area contributed by atoms with Crippen LogP contribution in [0, 0.1) is 3.57 Å². The lowest BCUT2D eigenvalue weighted by Crippen LogP contribution is -2.28. The first kappa shape index (κ1) is 11.3. The molecule has 4 nitrogen and oxygen atoms in total. The van der Waals surface area contributed by atoms with Crippen molar-refractivity contribution in [2.75, 3.05) is 13.1 Å². The lowest BCUT2D eigenvalue weighted by Gasteiger charge is -2.12. The highest BCUT2D eigenvalue weighted by atomic mass is 127. The molecule has 1 aliphatic heterocycles. The van der Waals surface area contributed by atoms with Crippen LogP contribution in [-0.4, -0.2) is 25.8 Å². The van der Waals surface area contributed by atoms with Crippen LogP contribution in [0.15, 0.2) is 24.3 Å². The van der Waals surface area contributed by atoms with Gasteiger partial charge in [-0.1, -0.05) is 12.1 Å². The fourth-order valence-electron chi connectivity index (χ4n) is 1.47. The summed E-state index contributed by atoms with van der Waals surface area (Å²) >= 11 is 2.22. The molecule has 0 aliphatic carbocycles.